The largest absolute Gasteiger partial charge is 0.370 e. The lowest BCUT2D eigenvalue weighted by molar-refractivity contribution is 0.581. The van der Waals surface area contributed by atoms with E-state index in [9.17, 15) is 0 Å². The van der Waals surface area contributed by atoms with Gasteiger partial charge in [-0.3, -0.25) is 0 Å². The molecule has 0 fully saturated rings. The highest BCUT2D eigenvalue weighted by Crippen LogP contribution is 2.10. The SMILES string of the molecule is CCCCCCCCCCNc1cc(Cl)ncn1. The minimum absolute atomic E-state index is 0.489. The molecule has 1 heterocycles. The average Bonchev–Trinajstić information content (AvgIpc) is 2.37. The number of unbranched alkanes of at least 4 members (excludes halogenated alkanes) is 7. The molecule has 0 unspecified atom stereocenters. The second-order valence-corrected chi connectivity index (χ2v) is 5.01. The highest BCUT2D eigenvalue weighted by atomic mass is 35.5. The lowest BCUT2D eigenvalue weighted by Crippen LogP contribution is -2.03. The van der Waals surface area contributed by atoms with Gasteiger partial charge < -0.3 is 5.32 Å². The van der Waals surface area contributed by atoms with Gasteiger partial charge in [-0.2, -0.15) is 0 Å². The topological polar surface area (TPSA) is 37.8 Å². The number of nitrogens with zero attached hydrogens (tertiary/aromatic N) is 2. The fraction of sp³-hybridized carbons (Fsp3) is 0.714. The maximum absolute atomic E-state index is 5.78. The predicted octanol–water partition coefficient (Wildman–Crippen LogP) is 4.68. The van der Waals surface area contributed by atoms with E-state index in [1.54, 1.807) is 6.07 Å². The van der Waals surface area contributed by atoms with E-state index >= 15 is 0 Å². The highest BCUT2D eigenvalue weighted by Gasteiger charge is 1.95. The van der Waals surface area contributed by atoms with E-state index in [2.05, 4.69) is 22.2 Å². The molecule has 0 radical (unpaired) electrons. The van der Waals surface area contributed by atoms with Crippen molar-refractivity contribution in [3.8, 4) is 0 Å². The molecule has 102 valence electrons. The van der Waals surface area contributed by atoms with Crippen LogP contribution in [0.15, 0.2) is 12.4 Å². The maximum atomic E-state index is 5.78. The third-order valence-electron chi connectivity index (χ3n) is 2.97. The van der Waals surface area contributed by atoms with Crippen LogP contribution in [0.3, 0.4) is 0 Å². The number of hydrogen-bond acceptors (Lipinski definition) is 3. The van der Waals surface area contributed by atoms with Crippen molar-refractivity contribution >= 4 is 17.4 Å². The summed E-state index contributed by atoms with van der Waals surface area (Å²) in [6.45, 7) is 3.22. The zero-order valence-electron chi connectivity index (χ0n) is 11.3. The monoisotopic (exact) mass is 269 g/mol. The molecule has 0 spiro atoms. The molecule has 3 nitrogen and oxygen atoms in total. The van der Waals surface area contributed by atoms with E-state index < -0.39 is 0 Å². The van der Waals surface area contributed by atoms with Crippen molar-refractivity contribution < 1.29 is 0 Å². The van der Waals surface area contributed by atoms with Crippen molar-refractivity contribution in [3.63, 3.8) is 0 Å². The molecule has 0 saturated heterocycles. The van der Waals surface area contributed by atoms with Crippen LogP contribution in [-0.4, -0.2) is 16.5 Å². The van der Waals surface area contributed by atoms with Crippen molar-refractivity contribution in [2.45, 2.75) is 58.3 Å². The minimum atomic E-state index is 0.489. The molecule has 1 aromatic heterocycles. The fourth-order valence-electron chi connectivity index (χ4n) is 1.91. The van der Waals surface area contributed by atoms with Crippen LogP contribution in [0, 0.1) is 0 Å². The van der Waals surface area contributed by atoms with Crippen molar-refractivity contribution in [2.24, 2.45) is 0 Å². The van der Waals surface area contributed by atoms with Gasteiger partial charge in [-0.05, 0) is 6.42 Å². The molecule has 0 saturated carbocycles. The summed E-state index contributed by atoms with van der Waals surface area (Å²) in [5, 5.41) is 3.75. The first-order valence-corrected chi connectivity index (χ1v) is 7.42. The summed E-state index contributed by atoms with van der Waals surface area (Å²) in [6, 6.07) is 1.76. The maximum Gasteiger partial charge on any atom is 0.134 e. The highest BCUT2D eigenvalue weighted by molar-refractivity contribution is 6.29. The Kier molecular flexibility index (Phi) is 8.57. The molecule has 1 rings (SSSR count). The van der Waals surface area contributed by atoms with Crippen LogP contribution in [0.25, 0.3) is 0 Å². The van der Waals surface area contributed by atoms with Gasteiger partial charge in [0, 0.05) is 12.6 Å². The first kappa shape index (κ1) is 15.2. The van der Waals surface area contributed by atoms with Crippen molar-refractivity contribution in [1.29, 1.82) is 0 Å². The Hall–Kier alpha value is -0.830. The summed E-state index contributed by atoms with van der Waals surface area (Å²) in [6.07, 6.45) is 12.2. The van der Waals surface area contributed by atoms with Crippen LogP contribution < -0.4 is 5.32 Å². The van der Waals surface area contributed by atoms with Crippen molar-refractivity contribution in [3.05, 3.63) is 17.5 Å². The molecule has 1 N–H and O–H groups in total. The Labute approximate surface area is 115 Å². The Morgan fingerprint density at radius 1 is 1.00 bits per heavy atom. The molecular formula is C14H24ClN3. The predicted molar refractivity (Wildman–Crippen MR) is 78.1 cm³/mol. The van der Waals surface area contributed by atoms with Crippen LogP contribution in [0.4, 0.5) is 5.82 Å². The van der Waals surface area contributed by atoms with Gasteiger partial charge >= 0.3 is 0 Å². The first-order valence-electron chi connectivity index (χ1n) is 7.04. The summed E-state index contributed by atoms with van der Waals surface area (Å²) < 4.78 is 0. The summed E-state index contributed by atoms with van der Waals surface area (Å²) in [7, 11) is 0. The van der Waals surface area contributed by atoms with Crippen LogP contribution in [0.1, 0.15) is 58.3 Å². The third kappa shape index (κ3) is 7.49. The molecule has 4 heteroatoms. The zero-order valence-corrected chi connectivity index (χ0v) is 12.0. The average molecular weight is 270 g/mol. The summed E-state index contributed by atoms with van der Waals surface area (Å²) in [5.41, 5.74) is 0. The quantitative estimate of drug-likeness (QED) is 0.495. The Balaban J connectivity index is 1.92. The van der Waals surface area contributed by atoms with Crippen LogP contribution in [0.5, 0.6) is 0 Å². The number of rotatable bonds is 10. The van der Waals surface area contributed by atoms with Gasteiger partial charge in [0.25, 0.3) is 0 Å². The van der Waals surface area contributed by atoms with Gasteiger partial charge in [0.2, 0.25) is 0 Å². The number of anilines is 1. The lowest BCUT2D eigenvalue weighted by Gasteiger charge is -2.05. The van der Waals surface area contributed by atoms with E-state index in [4.69, 9.17) is 11.6 Å². The molecule has 0 atom stereocenters. The molecule has 0 amide bonds. The molecule has 0 aliphatic rings. The molecular weight excluding hydrogens is 246 g/mol. The van der Waals surface area contributed by atoms with Gasteiger partial charge in [0.1, 0.15) is 17.3 Å². The van der Waals surface area contributed by atoms with Gasteiger partial charge in [-0.25, -0.2) is 9.97 Å². The Morgan fingerprint density at radius 3 is 2.33 bits per heavy atom. The van der Waals surface area contributed by atoms with E-state index in [1.807, 2.05) is 0 Å². The van der Waals surface area contributed by atoms with Crippen molar-refractivity contribution in [1.82, 2.24) is 9.97 Å². The molecule has 0 aromatic carbocycles. The zero-order chi connectivity index (χ0) is 13.1. The van der Waals surface area contributed by atoms with Gasteiger partial charge in [-0.15, -0.1) is 0 Å². The standard InChI is InChI=1S/C14H24ClN3/c1-2-3-4-5-6-7-8-9-10-16-14-11-13(15)17-12-18-14/h11-12H,2-10H2,1H3,(H,16,17,18). The van der Waals surface area contributed by atoms with E-state index in [0.717, 1.165) is 12.4 Å². The second-order valence-electron chi connectivity index (χ2n) is 4.63. The lowest BCUT2D eigenvalue weighted by atomic mass is 10.1. The molecule has 1 aromatic rings. The number of aromatic nitrogens is 2. The van der Waals surface area contributed by atoms with Gasteiger partial charge in [0.15, 0.2) is 0 Å². The summed E-state index contributed by atoms with van der Waals surface area (Å²) in [5.74, 6) is 0.818. The minimum Gasteiger partial charge on any atom is -0.370 e. The second kappa shape index (κ2) is 10.1. The Bertz CT molecular complexity index is 318. The van der Waals surface area contributed by atoms with E-state index in [1.165, 1.54) is 57.7 Å². The van der Waals surface area contributed by atoms with E-state index in [-0.39, 0.29) is 0 Å². The van der Waals surface area contributed by atoms with Crippen LogP contribution in [0.2, 0.25) is 5.15 Å². The van der Waals surface area contributed by atoms with Crippen LogP contribution in [-0.2, 0) is 0 Å². The molecule has 0 aliphatic carbocycles. The number of halogens is 1. The molecule has 0 aliphatic heterocycles. The fourth-order valence-corrected chi connectivity index (χ4v) is 2.05. The van der Waals surface area contributed by atoms with Crippen LogP contribution >= 0.6 is 11.6 Å². The number of hydrogen-bond donors (Lipinski definition) is 1. The third-order valence-corrected chi connectivity index (χ3v) is 3.18. The van der Waals surface area contributed by atoms with Gasteiger partial charge in [0.05, 0.1) is 0 Å². The van der Waals surface area contributed by atoms with E-state index in [0.29, 0.717) is 5.15 Å². The summed E-state index contributed by atoms with van der Waals surface area (Å²) in [4.78, 5) is 7.95. The van der Waals surface area contributed by atoms with Crippen molar-refractivity contribution in [2.75, 3.05) is 11.9 Å². The summed E-state index contributed by atoms with van der Waals surface area (Å²) >= 11 is 5.78. The smallest absolute Gasteiger partial charge is 0.134 e. The molecule has 18 heavy (non-hydrogen) atoms. The van der Waals surface area contributed by atoms with Gasteiger partial charge in [-0.1, -0.05) is 63.5 Å². The number of nitrogens with one attached hydrogen (secondary N) is 1. The normalized spacial score (nSPS) is 10.6. The Morgan fingerprint density at radius 2 is 1.67 bits per heavy atom. The first-order chi connectivity index (χ1) is 8.83. The molecule has 0 bridgehead atoms.